The standard InChI is InChI=1S/C28H33N7O4/c1-19(2)28(37)34-12-10-33(11-13-34)23-8-6-22(7-9-23)32-27-16-25(21(18-31-27)15-26(29)36)30-17-20-4-3-5-24(14-20)35(38)39/h3-9,14,16,18-19H,10-13,15,17H2,1-2H3,(H2,29,36)(H2,30,31,32). The van der Waals surface area contributed by atoms with E-state index >= 15 is 0 Å². The molecule has 0 atom stereocenters. The zero-order valence-electron chi connectivity index (χ0n) is 22.1. The molecular weight excluding hydrogens is 498 g/mol. The van der Waals surface area contributed by atoms with Crippen LogP contribution in [0.3, 0.4) is 0 Å². The fraction of sp³-hybridized carbons (Fsp3) is 0.321. The molecule has 0 aliphatic carbocycles. The van der Waals surface area contributed by atoms with Gasteiger partial charge in [0.2, 0.25) is 11.8 Å². The van der Waals surface area contributed by atoms with Crippen LogP contribution in [0.25, 0.3) is 0 Å². The Balaban J connectivity index is 1.42. The normalized spacial score (nSPS) is 13.3. The van der Waals surface area contributed by atoms with E-state index in [1.54, 1.807) is 24.4 Å². The van der Waals surface area contributed by atoms with Crippen LogP contribution in [0.5, 0.6) is 0 Å². The van der Waals surface area contributed by atoms with Crippen molar-refractivity contribution in [1.29, 1.82) is 0 Å². The van der Waals surface area contributed by atoms with Gasteiger partial charge in [-0.25, -0.2) is 4.98 Å². The first kappa shape index (κ1) is 27.4. The number of nitrogens with zero attached hydrogens (tertiary/aromatic N) is 4. The van der Waals surface area contributed by atoms with Crippen LogP contribution in [-0.2, 0) is 22.6 Å². The lowest BCUT2D eigenvalue weighted by Gasteiger charge is -2.37. The predicted molar refractivity (Wildman–Crippen MR) is 151 cm³/mol. The van der Waals surface area contributed by atoms with Crippen molar-refractivity contribution in [2.24, 2.45) is 11.7 Å². The largest absolute Gasteiger partial charge is 0.381 e. The number of amides is 2. The van der Waals surface area contributed by atoms with Crippen molar-refractivity contribution in [3.63, 3.8) is 0 Å². The lowest BCUT2D eigenvalue weighted by molar-refractivity contribution is -0.384. The van der Waals surface area contributed by atoms with Crippen molar-refractivity contribution >= 4 is 40.4 Å². The zero-order valence-corrected chi connectivity index (χ0v) is 22.1. The summed E-state index contributed by atoms with van der Waals surface area (Å²) in [5, 5.41) is 17.6. The van der Waals surface area contributed by atoms with Gasteiger partial charge in [0.15, 0.2) is 0 Å². The summed E-state index contributed by atoms with van der Waals surface area (Å²) in [5.74, 6) is 0.289. The number of nitro groups is 1. The third kappa shape index (κ3) is 7.22. The van der Waals surface area contributed by atoms with E-state index < -0.39 is 10.8 Å². The van der Waals surface area contributed by atoms with Crippen LogP contribution in [0.1, 0.15) is 25.0 Å². The number of hydrogen-bond acceptors (Lipinski definition) is 8. The first-order valence-corrected chi connectivity index (χ1v) is 12.8. The molecule has 0 unspecified atom stereocenters. The lowest BCUT2D eigenvalue weighted by atomic mass is 10.1. The van der Waals surface area contributed by atoms with Crippen molar-refractivity contribution in [2.45, 2.75) is 26.8 Å². The van der Waals surface area contributed by atoms with Gasteiger partial charge >= 0.3 is 0 Å². The number of nitrogens with one attached hydrogen (secondary N) is 2. The molecule has 0 saturated carbocycles. The summed E-state index contributed by atoms with van der Waals surface area (Å²) < 4.78 is 0. The average molecular weight is 532 g/mol. The van der Waals surface area contributed by atoms with Gasteiger partial charge in [0.05, 0.1) is 11.3 Å². The number of nitrogens with two attached hydrogens (primary N) is 1. The van der Waals surface area contributed by atoms with E-state index in [-0.39, 0.29) is 23.9 Å². The van der Waals surface area contributed by atoms with E-state index in [9.17, 15) is 19.7 Å². The molecule has 1 saturated heterocycles. The van der Waals surface area contributed by atoms with Crippen LogP contribution >= 0.6 is 0 Å². The molecule has 2 heterocycles. The Labute approximate surface area is 227 Å². The van der Waals surface area contributed by atoms with Gasteiger partial charge in [-0.2, -0.15) is 0 Å². The molecule has 4 N–H and O–H groups in total. The first-order valence-electron chi connectivity index (χ1n) is 12.8. The number of benzene rings is 2. The molecule has 1 aliphatic rings. The van der Waals surface area contributed by atoms with Gasteiger partial charge in [-0.05, 0) is 29.8 Å². The Morgan fingerprint density at radius 2 is 1.79 bits per heavy atom. The third-order valence-electron chi connectivity index (χ3n) is 6.55. The van der Waals surface area contributed by atoms with Gasteiger partial charge in [0.25, 0.3) is 5.69 Å². The molecule has 2 amide bonds. The molecule has 39 heavy (non-hydrogen) atoms. The minimum absolute atomic E-state index is 0.00920. The highest BCUT2D eigenvalue weighted by molar-refractivity contribution is 5.79. The van der Waals surface area contributed by atoms with E-state index in [1.165, 1.54) is 12.1 Å². The van der Waals surface area contributed by atoms with E-state index in [0.717, 1.165) is 30.0 Å². The molecule has 1 aromatic heterocycles. The second-order valence-electron chi connectivity index (χ2n) is 9.79. The number of pyridine rings is 1. The fourth-order valence-electron chi connectivity index (χ4n) is 4.48. The van der Waals surface area contributed by atoms with Crippen molar-refractivity contribution in [2.75, 3.05) is 41.7 Å². The summed E-state index contributed by atoms with van der Waals surface area (Å²) >= 11 is 0. The molecule has 0 spiro atoms. The first-order chi connectivity index (χ1) is 18.7. The highest BCUT2D eigenvalue weighted by atomic mass is 16.6. The minimum Gasteiger partial charge on any atom is -0.381 e. The van der Waals surface area contributed by atoms with Gasteiger partial charge in [-0.15, -0.1) is 0 Å². The molecule has 0 radical (unpaired) electrons. The maximum atomic E-state index is 12.2. The summed E-state index contributed by atoms with van der Waals surface area (Å²) in [6.45, 7) is 7.17. The molecule has 0 bridgehead atoms. The number of primary amides is 1. The summed E-state index contributed by atoms with van der Waals surface area (Å²) in [4.78, 5) is 43.1. The van der Waals surface area contributed by atoms with E-state index in [0.29, 0.717) is 36.7 Å². The summed E-state index contributed by atoms with van der Waals surface area (Å²) in [5.41, 5.74) is 9.37. The quantitative estimate of drug-likeness (QED) is 0.265. The Hall–Kier alpha value is -4.67. The van der Waals surface area contributed by atoms with Crippen LogP contribution < -0.4 is 21.3 Å². The van der Waals surface area contributed by atoms with Crippen molar-refractivity contribution < 1.29 is 14.5 Å². The second kappa shape index (κ2) is 12.2. The lowest BCUT2D eigenvalue weighted by Crippen LogP contribution is -2.49. The SMILES string of the molecule is CC(C)C(=O)N1CCN(c2ccc(Nc3cc(NCc4cccc([N+](=O)[O-])c4)c(CC(N)=O)cn3)cc2)CC1. The van der Waals surface area contributed by atoms with Crippen LogP contribution in [0.15, 0.2) is 60.8 Å². The van der Waals surface area contributed by atoms with Gasteiger partial charge < -0.3 is 26.2 Å². The molecular formula is C28H33N7O4. The van der Waals surface area contributed by atoms with Crippen molar-refractivity contribution in [1.82, 2.24) is 9.88 Å². The molecule has 2 aromatic carbocycles. The zero-order chi connectivity index (χ0) is 27.9. The Morgan fingerprint density at radius 1 is 1.08 bits per heavy atom. The molecule has 1 aliphatic heterocycles. The minimum atomic E-state index is -0.485. The predicted octanol–water partition coefficient (Wildman–Crippen LogP) is 3.68. The number of hydrogen-bond donors (Lipinski definition) is 3. The Bertz CT molecular complexity index is 1340. The van der Waals surface area contributed by atoms with Crippen LogP contribution in [-0.4, -0.2) is 52.8 Å². The van der Waals surface area contributed by atoms with Gasteiger partial charge in [-0.3, -0.25) is 19.7 Å². The van der Waals surface area contributed by atoms with Crippen molar-refractivity contribution in [3.8, 4) is 0 Å². The molecule has 1 fully saturated rings. The Morgan fingerprint density at radius 3 is 2.44 bits per heavy atom. The third-order valence-corrected chi connectivity index (χ3v) is 6.55. The van der Waals surface area contributed by atoms with Gasteiger partial charge in [-0.1, -0.05) is 26.0 Å². The number of anilines is 4. The smallest absolute Gasteiger partial charge is 0.269 e. The summed E-state index contributed by atoms with van der Waals surface area (Å²) in [6.07, 6.45) is 1.60. The average Bonchev–Trinajstić information content (AvgIpc) is 2.93. The topological polar surface area (TPSA) is 147 Å². The summed E-state index contributed by atoms with van der Waals surface area (Å²) in [7, 11) is 0. The number of carbonyl (C=O) groups excluding carboxylic acids is 2. The monoisotopic (exact) mass is 531 g/mol. The number of piperazine rings is 1. The number of nitro benzene ring substituents is 1. The maximum absolute atomic E-state index is 12.2. The molecule has 11 nitrogen and oxygen atoms in total. The molecule has 204 valence electrons. The summed E-state index contributed by atoms with van der Waals surface area (Å²) in [6, 6.07) is 16.2. The molecule has 11 heteroatoms. The van der Waals surface area contributed by atoms with E-state index in [1.807, 2.05) is 43.0 Å². The van der Waals surface area contributed by atoms with Crippen LogP contribution in [0, 0.1) is 16.0 Å². The van der Waals surface area contributed by atoms with Gasteiger partial charge in [0.1, 0.15) is 5.82 Å². The number of non-ortho nitro benzene ring substituents is 1. The highest BCUT2D eigenvalue weighted by Crippen LogP contribution is 2.25. The molecule has 3 aromatic rings. The van der Waals surface area contributed by atoms with Crippen molar-refractivity contribution in [3.05, 3.63) is 82.0 Å². The van der Waals surface area contributed by atoms with E-state index in [2.05, 4.69) is 20.5 Å². The van der Waals surface area contributed by atoms with Crippen LogP contribution in [0.4, 0.5) is 28.6 Å². The van der Waals surface area contributed by atoms with E-state index in [4.69, 9.17) is 5.73 Å². The number of rotatable bonds is 10. The fourth-order valence-corrected chi connectivity index (χ4v) is 4.48. The van der Waals surface area contributed by atoms with Crippen LogP contribution in [0.2, 0.25) is 0 Å². The van der Waals surface area contributed by atoms with Gasteiger partial charge in [0, 0.05) is 85.7 Å². The number of carbonyl (C=O) groups is 2. The maximum Gasteiger partial charge on any atom is 0.269 e. The Kier molecular flexibility index (Phi) is 8.60. The second-order valence-corrected chi connectivity index (χ2v) is 9.79. The number of aromatic nitrogens is 1. The highest BCUT2D eigenvalue weighted by Gasteiger charge is 2.23. The molecule has 4 rings (SSSR count).